The van der Waals surface area contributed by atoms with Crippen LogP contribution in [0.1, 0.15) is 12.5 Å². The molecule has 0 bridgehead atoms. The van der Waals surface area contributed by atoms with E-state index >= 15 is 0 Å². The van der Waals surface area contributed by atoms with Crippen molar-refractivity contribution in [2.24, 2.45) is 0 Å². The maximum atomic E-state index is 2.40. The molecule has 134 valence electrons. The molecule has 0 aliphatic carbocycles. The molecule has 0 nitrogen and oxygen atoms in total. The number of thiophene rings is 2. The highest BCUT2D eigenvalue weighted by Gasteiger charge is 2.14. The summed E-state index contributed by atoms with van der Waals surface area (Å²) < 4.78 is 5.64. The van der Waals surface area contributed by atoms with Gasteiger partial charge in [-0.3, -0.25) is 0 Å². The lowest BCUT2D eigenvalue weighted by molar-refractivity contribution is 1.15. The summed E-state index contributed by atoms with van der Waals surface area (Å²) in [5.41, 5.74) is 3.98. The Hall–Kier alpha value is -2.68. The third-order valence-corrected chi connectivity index (χ3v) is 8.14. The third kappa shape index (κ3) is 2.42. The Balaban J connectivity index is 1.64. The number of rotatable bonds is 2. The van der Waals surface area contributed by atoms with Crippen LogP contribution >= 0.6 is 22.7 Å². The van der Waals surface area contributed by atoms with Gasteiger partial charge in [0, 0.05) is 20.2 Å². The molecule has 4 aromatic carbocycles. The van der Waals surface area contributed by atoms with Gasteiger partial charge in [0.1, 0.15) is 0 Å². The molecule has 6 aromatic rings. The maximum Gasteiger partial charge on any atom is 0.0542 e. The van der Waals surface area contributed by atoms with Crippen molar-refractivity contribution in [1.82, 2.24) is 0 Å². The van der Waals surface area contributed by atoms with Crippen molar-refractivity contribution in [2.45, 2.75) is 13.3 Å². The Labute approximate surface area is 171 Å². The van der Waals surface area contributed by atoms with Crippen molar-refractivity contribution in [1.29, 1.82) is 0 Å². The summed E-state index contributed by atoms with van der Waals surface area (Å²) in [4.78, 5) is 0. The van der Waals surface area contributed by atoms with Gasteiger partial charge in [-0.05, 0) is 58.1 Å². The normalized spacial score (nSPS) is 11.9. The standard InChI is InChI=1S/C26H18S2/c1-2-16-8-9-19-15-24-22(14-20(19)12-16)26-25(28-24)21-13-18(10-11-23(21)27-26)17-6-4-3-5-7-17/h3-15H,2H2,1H3. The summed E-state index contributed by atoms with van der Waals surface area (Å²) in [6, 6.07) is 29.2. The molecule has 0 N–H and O–H groups in total. The van der Waals surface area contributed by atoms with Crippen molar-refractivity contribution < 1.29 is 0 Å². The summed E-state index contributed by atoms with van der Waals surface area (Å²) in [5.74, 6) is 0. The van der Waals surface area contributed by atoms with E-state index in [1.54, 1.807) is 0 Å². The van der Waals surface area contributed by atoms with Crippen LogP contribution in [-0.2, 0) is 6.42 Å². The fourth-order valence-electron chi connectivity index (χ4n) is 4.08. The highest BCUT2D eigenvalue weighted by Crippen LogP contribution is 2.46. The monoisotopic (exact) mass is 394 g/mol. The van der Waals surface area contributed by atoms with Crippen molar-refractivity contribution in [2.75, 3.05) is 0 Å². The van der Waals surface area contributed by atoms with Gasteiger partial charge in [-0.1, -0.05) is 61.5 Å². The zero-order valence-corrected chi connectivity index (χ0v) is 17.2. The van der Waals surface area contributed by atoms with Gasteiger partial charge in [-0.15, -0.1) is 22.7 Å². The Morgan fingerprint density at radius 2 is 1.39 bits per heavy atom. The minimum absolute atomic E-state index is 1.08. The number of benzene rings is 4. The molecule has 0 radical (unpaired) electrons. The van der Waals surface area contributed by atoms with E-state index in [4.69, 9.17) is 0 Å². The second kappa shape index (κ2) is 6.16. The lowest BCUT2D eigenvalue weighted by Gasteiger charge is -2.02. The first-order valence-corrected chi connectivity index (χ1v) is 11.3. The zero-order chi connectivity index (χ0) is 18.7. The smallest absolute Gasteiger partial charge is 0.0542 e. The van der Waals surface area contributed by atoms with Crippen LogP contribution in [0.25, 0.3) is 51.5 Å². The van der Waals surface area contributed by atoms with Crippen LogP contribution in [0, 0.1) is 0 Å². The molecule has 6 rings (SSSR count). The first-order valence-electron chi connectivity index (χ1n) is 9.67. The molecule has 28 heavy (non-hydrogen) atoms. The second-order valence-corrected chi connectivity index (χ2v) is 9.43. The Morgan fingerprint density at radius 3 is 2.21 bits per heavy atom. The van der Waals surface area contributed by atoms with Crippen LogP contribution in [-0.4, -0.2) is 0 Å². The second-order valence-electron chi connectivity index (χ2n) is 7.32. The summed E-state index contributed by atoms with van der Waals surface area (Å²) >= 11 is 3.87. The average molecular weight is 395 g/mol. The lowest BCUT2D eigenvalue weighted by atomic mass is 10.0. The Bertz CT molecular complexity index is 1480. The van der Waals surface area contributed by atoms with Gasteiger partial charge in [-0.25, -0.2) is 0 Å². The molecule has 0 spiro atoms. The van der Waals surface area contributed by atoms with Crippen LogP contribution in [0.5, 0.6) is 0 Å². The number of hydrogen-bond acceptors (Lipinski definition) is 2. The van der Waals surface area contributed by atoms with E-state index in [-0.39, 0.29) is 0 Å². The van der Waals surface area contributed by atoms with E-state index in [0.717, 1.165) is 6.42 Å². The minimum Gasteiger partial charge on any atom is -0.134 e. The molecule has 0 aliphatic rings. The largest absolute Gasteiger partial charge is 0.134 e. The zero-order valence-electron chi connectivity index (χ0n) is 15.5. The molecular weight excluding hydrogens is 376 g/mol. The number of aryl methyl sites for hydroxylation is 1. The predicted octanol–water partition coefficient (Wildman–Crippen LogP) is 8.65. The maximum absolute atomic E-state index is 2.40. The quantitative estimate of drug-likeness (QED) is 0.276. The first kappa shape index (κ1) is 16.3. The van der Waals surface area contributed by atoms with Gasteiger partial charge < -0.3 is 0 Å². The third-order valence-electron chi connectivity index (χ3n) is 5.62. The van der Waals surface area contributed by atoms with Gasteiger partial charge in [0.2, 0.25) is 0 Å². The van der Waals surface area contributed by atoms with Crippen molar-refractivity contribution >= 4 is 63.0 Å². The summed E-state index contributed by atoms with van der Waals surface area (Å²) in [6.45, 7) is 2.22. The van der Waals surface area contributed by atoms with Gasteiger partial charge in [0.05, 0.1) is 9.40 Å². The molecule has 0 saturated heterocycles. The SMILES string of the molecule is CCc1ccc2cc3sc4c5cc(-c6ccccc6)ccc5sc4c3cc2c1. The van der Waals surface area contributed by atoms with E-state index in [1.165, 1.54) is 57.0 Å². The fourth-order valence-corrected chi connectivity index (χ4v) is 6.73. The van der Waals surface area contributed by atoms with Gasteiger partial charge >= 0.3 is 0 Å². The van der Waals surface area contributed by atoms with Crippen molar-refractivity contribution in [3.63, 3.8) is 0 Å². The van der Waals surface area contributed by atoms with Gasteiger partial charge in [0.15, 0.2) is 0 Å². The molecule has 0 fully saturated rings. The molecule has 2 heterocycles. The molecule has 0 aliphatic heterocycles. The van der Waals surface area contributed by atoms with Crippen LogP contribution in [0.15, 0.2) is 78.9 Å². The van der Waals surface area contributed by atoms with Crippen LogP contribution in [0.3, 0.4) is 0 Å². The van der Waals surface area contributed by atoms with E-state index in [1.807, 2.05) is 22.7 Å². The lowest BCUT2D eigenvalue weighted by Crippen LogP contribution is -1.80. The van der Waals surface area contributed by atoms with Crippen LogP contribution in [0.4, 0.5) is 0 Å². The predicted molar refractivity (Wildman–Crippen MR) is 127 cm³/mol. The van der Waals surface area contributed by atoms with Crippen molar-refractivity contribution in [3.05, 3.63) is 84.4 Å². The first-order chi connectivity index (χ1) is 13.8. The van der Waals surface area contributed by atoms with E-state index < -0.39 is 0 Å². The highest BCUT2D eigenvalue weighted by molar-refractivity contribution is 7.36. The summed E-state index contributed by atoms with van der Waals surface area (Å²) in [7, 11) is 0. The topological polar surface area (TPSA) is 0 Å². The van der Waals surface area contributed by atoms with Crippen LogP contribution < -0.4 is 0 Å². The summed E-state index contributed by atoms with van der Waals surface area (Å²) in [5, 5.41) is 5.49. The van der Waals surface area contributed by atoms with E-state index in [2.05, 4.69) is 85.8 Å². The number of fused-ring (bicyclic) bond motifs is 6. The Kier molecular flexibility index (Phi) is 3.59. The van der Waals surface area contributed by atoms with E-state index in [0.29, 0.717) is 0 Å². The molecule has 0 amide bonds. The van der Waals surface area contributed by atoms with Gasteiger partial charge in [-0.2, -0.15) is 0 Å². The van der Waals surface area contributed by atoms with Crippen molar-refractivity contribution in [3.8, 4) is 11.1 Å². The number of hydrogen-bond donors (Lipinski definition) is 0. The molecule has 2 aromatic heterocycles. The fraction of sp³-hybridized carbons (Fsp3) is 0.0769. The minimum atomic E-state index is 1.08. The molecule has 0 saturated carbocycles. The molecule has 0 unspecified atom stereocenters. The average Bonchev–Trinajstić information content (AvgIpc) is 3.27. The Morgan fingerprint density at radius 1 is 0.607 bits per heavy atom. The summed E-state index contributed by atoms with van der Waals surface area (Å²) in [6.07, 6.45) is 1.08. The molecular formula is C26H18S2. The van der Waals surface area contributed by atoms with E-state index in [9.17, 15) is 0 Å². The molecule has 0 atom stereocenters. The highest BCUT2D eigenvalue weighted by atomic mass is 32.1. The van der Waals surface area contributed by atoms with Crippen LogP contribution in [0.2, 0.25) is 0 Å². The van der Waals surface area contributed by atoms with Gasteiger partial charge in [0.25, 0.3) is 0 Å². The molecule has 2 heteroatoms.